The minimum Gasteiger partial charge on any atom is -0.462 e. The SMILES string of the molecule is CCOC(=O)C(O)(O)C(=O)c1ccc(C)cc1. The van der Waals surface area contributed by atoms with Crippen LogP contribution in [-0.2, 0) is 9.53 Å². The molecular weight excluding hydrogens is 224 g/mol. The first-order valence-electron chi connectivity index (χ1n) is 5.13. The summed E-state index contributed by atoms with van der Waals surface area (Å²) in [7, 11) is 0. The molecule has 17 heavy (non-hydrogen) atoms. The largest absolute Gasteiger partial charge is 0.462 e. The second-order valence-corrected chi connectivity index (χ2v) is 3.59. The van der Waals surface area contributed by atoms with Crippen molar-refractivity contribution in [1.82, 2.24) is 0 Å². The molecule has 0 bridgehead atoms. The number of rotatable bonds is 4. The molecule has 5 nitrogen and oxygen atoms in total. The first kappa shape index (κ1) is 13.3. The number of aryl methyl sites for hydroxylation is 1. The minimum absolute atomic E-state index is 0.0358. The Morgan fingerprint density at radius 1 is 1.24 bits per heavy atom. The van der Waals surface area contributed by atoms with Crippen LogP contribution in [0.1, 0.15) is 22.8 Å². The van der Waals surface area contributed by atoms with E-state index in [-0.39, 0.29) is 12.2 Å². The van der Waals surface area contributed by atoms with Crippen molar-refractivity contribution in [3.63, 3.8) is 0 Å². The molecule has 0 unspecified atom stereocenters. The third-order valence-corrected chi connectivity index (χ3v) is 2.19. The van der Waals surface area contributed by atoms with E-state index in [9.17, 15) is 19.8 Å². The van der Waals surface area contributed by atoms with Gasteiger partial charge in [0, 0.05) is 5.56 Å². The molecule has 0 aromatic heterocycles. The van der Waals surface area contributed by atoms with E-state index in [0.29, 0.717) is 0 Å². The Morgan fingerprint density at radius 3 is 2.24 bits per heavy atom. The topological polar surface area (TPSA) is 83.8 Å². The maximum absolute atomic E-state index is 11.7. The molecule has 0 spiro atoms. The third-order valence-electron chi connectivity index (χ3n) is 2.19. The van der Waals surface area contributed by atoms with Crippen LogP contribution in [0.2, 0.25) is 0 Å². The first-order chi connectivity index (χ1) is 7.89. The Hall–Kier alpha value is -1.72. The Bertz CT molecular complexity index is 419. The van der Waals surface area contributed by atoms with Crippen molar-refractivity contribution >= 4 is 11.8 Å². The fraction of sp³-hybridized carbons (Fsp3) is 0.333. The van der Waals surface area contributed by atoms with E-state index >= 15 is 0 Å². The average Bonchev–Trinajstić information content (AvgIpc) is 2.29. The summed E-state index contributed by atoms with van der Waals surface area (Å²) in [5.41, 5.74) is 0.952. The quantitative estimate of drug-likeness (QED) is 0.344. The van der Waals surface area contributed by atoms with E-state index in [4.69, 9.17) is 0 Å². The molecule has 1 rings (SSSR count). The molecule has 92 valence electrons. The molecule has 1 aromatic carbocycles. The van der Waals surface area contributed by atoms with Crippen LogP contribution in [0.4, 0.5) is 0 Å². The lowest BCUT2D eigenvalue weighted by atomic mass is 10.0. The van der Waals surface area contributed by atoms with Crippen LogP contribution in [0.5, 0.6) is 0 Å². The van der Waals surface area contributed by atoms with Crippen molar-refractivity contribution in [2.75, 3.05) is 6.61 Å². The van der Waals surface area contributed by atoms with Gasteiger partial charge >= 0.3 is 11.8 Å². The van der Waals surface area contributed by atoms with Crippen LogP contribution in [0.25, 0.3) is 0 Å². The Morgan fingerprint density at radius 2 is 1.76 bits per heavy atom. The van der Waals surface area contributed by atoms with Gasteiger partial charge in [0.05, 0.1) is 6.61 Å². The molecule has 0 saturated carbocycles. The smallest absolute Gasteiger partial charge is 0.375 e. The van der Waals surface area contributed by atoms with Gasteiger partial charge in [-0.05, 0) is 13.8 Å². The molecule has 1 aromatic rings. The first-order valence-corrected chi connectivity index (χ1v) is 5.13. The summed E-state index contributed by atoms with van der Waals surface area (Å²) in [5.74, 6) is -5.60. The van der Waals surface area contributed by atoms with Crippen LogP contribution >= 0.6 is 0 Å². The lowest BCUT2D eigenvalue weighted by Crippen LogP contribution is -2.47. The molecule has 5 heteroatoms. The summed E-state index contributed by atoms with van der Waals surface area (Å²) >= 11 is 0. The molecule has 0 heterocycles. The fourth-order valence-corrected chi connectivity index (χ4v) is 1.23. The predicted octanol–water partition coefficient (Wildman–Crippen LogP) is 0.422. The summed E-state index contributed by atoms with van der Waals surface area (Å²) in [5, 5.41) is 18.9. The standard InChI is InChI=1S/C12H14O5/c1-3-17-11(14)12(15,16)10(13)9-6-4-8(2)5-7-9/h4-7,15-16H,3H2,1-2H3. The van der Waals surface area contributed by atoms with Gasteiger partial charge in [0.2, 0.25) is 5.78 Å². The monoisotopic (exact) mass is 238 g/mol. The van der Waals surface area contributed by atoms with Gasteiger partial charge in [-0.15, -0.1) is 0 Å². The Kier molecular flexibility index (Phi) is 3.98. The Balaban J connectivity index is 2.95. The molecule has 0 atom stereocenters. The van der Waals surface area contributed by atoms with Crippen molar-refractivity contribution < 1.29 is 24.5 Å². The van der Waals surface area contributed by atoms with E-state index in [0.717, 1.165) is 5.56 Å². The predicted molar refractivity (Wildman–Crippen MR) is 59.3 cm³/mol. The number of Topliss-reactive ketones (excluding diaryl/α,β-unsaturated/α-hetero) is 1. The average molecular weight is 238 g/mol. The highest BCUT2D eigenvalue weighted by molar-refractivity contribution is 6.13. The van der Waals surface area contributed by atoms with E-state index in [1.165, 1.54) is 19.1 Å². The lowest BCUT2D eigenvalue weighted by Gasteiger charge is -2.17. The molecule has 0 aliphatic rings. The number of esters is 1. The van der Waals surface area contributed by atoms with Crippen molar-refractivity contribution in [3.8, 4) is 0 Å². The number of ketones is 1. The normalized spacial score (nSPS) is 11.1. The molecule has 0 radical (unpaired) electrons. The van der Waals surface area contributed by atoms with Crippen LogP contribution in [-0.4, -0.2) is 34.4 Å². The van der Waals surface area contributed by atoms with Crippen LogP contribution in [0, 0.1) is 6.92 Å². The molecule has 2 N–H and O–H groups in total. The van der Waals surface area contributed by atoms with Crippen molar-refractivity contribution in [1.29, 1.82) is 0 Å². The molecule has 0 saturated heterocycles. The fourth-order valence-electron chi connectivity index (χ4n) is 1.23. The minimum atomic E-state index is -3.13. The second-order valence-electron chi connectivity index (χ2n) is 3.59. The van der Waals surface area contributed by atoms with Gasteiger partial charge in [0.25, 0.3) is 0 Å². The van der Waals surface area contributed by atoms with Gasteiger partial charge in [-0.3, -0.25) is 4.79 Å². The van der Waals surface area contributed by atoms with E-state index < -0.39 is 17.5 Å². The Labute approximate surface area is 98.6 Å². The maximum atomic E-state index is 11.7. The van der Waals surface area contributed by atoms with Gasteiger partial charge in [-0.1, -0.05) is 29.8 Å². The molecule has 0 amide bonds. The molecule has 0 aliphatic carbocycles. The summed E-state index contributed by atoms with van der Waals surface area (Å²) in [4.78, 5) is 22.9. The second kappa shape index (κ2) is 5.07. The van der Waals surface area contributed by atoms with Crippen LogP contribution in [0.3, 0.4) is 0 Å². The highest BCUT2D eigenvalue weighted by atomic mass is 16.6. The highest BCUT2D eigenvalue weighted by Crippen LogP contribution is 2.13. The number of benzene rings is 1. The van der Waals surface area contributed by atoms with Crippen LogP contribution < -0.4 is 0 Å². The number of carbonyl (C=O) groups is 2. The summed E-state index contributed by atoms with van der Waals surface area (Å²) < 4.78 is 4.41. The van der Waals surface area contributed by atoms with E-state index in [2.05, 4.69) is 4.74 Å². The van der Waals surface area contributed by atoms with Gasteiger partial charge in [0.15, 0.2) is 0 Å². The van der Waals surface area contributed by atoms with Gasteiger partial charge in [-0.2, -0.15) is 0 Å². The van der Waals surface area contributed by atoms with Gasteiger partial charge < -0.3 is 14.9 Å². The number of hydrogen-bond acceptors (Lipinski definition) is 5. The summed E-state index contributed by atoms with van der Waals surface area (Å²) in [6.07, 6.45) is 0. The summed E-state index contributed by atoms with van der Waals surface area (Å²) in [6, 6.07) is 6.10. The van der Waals surface area contributed by atoms with Crippen LogP contribution in [0.15, 0.2) is 24.3 Å². The zero-order valence-electron chi connectivity index (χ0n) is 9.64. The van der Waals surface area contributed by atoms with E-state index in [1.54, 1.807) is 12.1 Å². The zero-order valence-corrected chi connectivity index (χ0v) is 9.64. The number of hydrogen-bond donors (Lipinski definition) is 2. The van der Waals surface area contributed by atoms with E-state index in [1.807, 2.05) is 6.92 Å². The van der Waals surface area contributed by atoms with Crippen molar-refractivity contribution in [3.05, 3.63) is 35.4 Å². The molecular formula is C12H14O5. The van der Waals surface area contributed by atoms with Crippen molar-refractivity contribution in [2.24, 2.45) is 0 Å². The summed E-state index contributed by atoms with van der Waals surface area (Å²) in [6.45, 7) is 3.29. The van der Waals surface area contributed by atoms with Gasteiger partial charge in [0.1, 0.15) is 0 Å². The molecule has 0 aliphatic heterocycles. The highest BCUT2D eigenvalue weighted by Gasteiger charge is 2.44. The third kappa shape index (κ3) is 2.89. The van der Waals surface area contributed by atoms with Gasteiger partial charge in [-0.25, -0.2) is 4.79 Å². The number of aliphatic hydroxyl groups is 2. The number of carbonyl (C=O) groups excluding carboxylic acids is 2. The molecule has 0 fully saturated rings. The zero-order chi connectivity index (χ0) is 13.1. The van der Waals surface area contributed by atoms with Crippen molar-refractivity contribution in [2.45, 2.75) is 19.6 Å². The maximum Gasteiger partial charge on any atom is 0.375 e. The number of ether oxygens (including phenoxy) is 1. The lowest BCUT2D eigenvalue weighted by molar-refractivity contribution is -0.191.